The molecular weight excluding hydrogens is 218 g/mol. The third-order valence-corrected chi connectivity index (χ3v) is 4.15. The van der Waals surface area contributed by atoms with Crippen LogP contribution >= 0.6 is 0 Å². The van der Waals surface area contributed by atoms with E-state index >= 15 is 0 Å². The van der Waals surface area contributed by atoms with Gasteiger partial charge in [0.15, 0.2) is 0 Å². The molecule has 3 atom stereocenters. The molecule has 0 radical (unpaired) electrons. The summed E-state index contributed by atoms with van der Waals surface area (Å²) in [5, 5.41) is 11.8. The number of amides is 1. The molecule has 1 amide bonds. The van der Waals surface area contributed by atoms with Crippen LogP contribution in [0.2, 0.25) is 0 Å². The van der Waals surface area contributed by atoms with Gasteiger partial charge in [0, 0.05) is 11.5 Å². The van der Waals surface area contributed by atoms with Gasteiger partial charge in [-0.25, -0.2) is 0 Å². The number of carboxylic acids is 1. The Bertz CT molecular complexity index is 338. The highest BCUT2D eigenvalue weighted by molar-refractivity contribution is 5.83. The zero-order chi connectivity index (χ0) is 12.6. The lowest BCUT2D eigenvalue weighted by atomic mass is 9.94. The fourth-order valence-corrected chi connectivity index (χ4v) is 2.54. The second-order valence-corrected chi connectivity index (χ2v) is 5.82. The summed E-state index contributed by atoms with van der Waals surface area (Å²) in [6, 6.07) is 0. The fourth-order valence-electron chi connectivity index (χ4n) is 2.54. The Labute approximate surface area is 102 Å². The first kappa shape index (κ1) is 12.4. The molecule has 2 fully saturated rings. The maximum Gasteiger partial charge on any atom is 0.305 e. The van der Waals surface area contributed by atoms with Gasteiger partial charge in [-0.05, 0) is 44.4 Å². The predicted molar refractivity (Wildman–Crippen MR) is 63.4 cm³/mol. The van der Waals surface area contributed by atoms with Crippen molar-refractivity contribution in [1.82, 2.24) is 5.32 Å². The normalized spacial score (nSPS) is 30.5. The van der Waals surface area contributed by atoms with Crippen LogP contribution in [-0.2, 0) is 9.59 Å². The van der Waals surface area contributed by atoms with Crippen LogP contribution in [0.1, 0.15) is 46.0 Å². The molecule has 0 bridgehead atoms. The molecule has 0 aliphatic heterocycles. The molecule has 0 aromatic heterocycles. The average Bonchev–Trinajstić information content (AvgIpc) is 3.07. The third-order valence-electron chi connectivity index (χ3n) is 4.15. The van der Waals surface area contributed by atoms with Crippen LogP contribution in [0, 0.1) is 17.8 Å². The summed E-state index contributed by atoms with van der Waals surface area (Å²) in [4.78, 5) is 22.8. The number of hydrogen-bond donors (Lipinski definition) is 2. The standard InChI is InChI=1S/C13H21NO3/c1-3-13(2,7-11(15)16)14-12(17)10-6-9(10)8-4-5-8/h8-10H,3-7H2,1-2H3,(H,14,17)(H,15,16)/t9-,10-,13-/m1/s1. The van der Waals surface area contributed by atoms with Crippen LogP contribution in [0.25, 0.3) is 0 Å². The highest BCUT2D eigenvalue weighted by Gasteiger charge is 2.51. The van der Waals surface area contributed by atoms with Gasteiger partial charge in [0.1, 0.15) is 0 Å². The van der Waals surface area contributed by atoms with Gasteiger partial charge in [-0.1, -0.05) is 6.92 Å². The lowest BCUT2D eigenvalue weighted by molar-refractivity contribution is -0.139. The zero-order valence-electron chi connectivity index (χ0n) is 10.5. The fraction of sp³-hybridized carbons (Fsp3) is 0.846. The summed E-state index contributed by atoms with van der Waals surface area (Å²) in [5.41, 5.74) is -0.598. The van der Waals surface area contributed by atoms with Crippen molar-refractivity contribution in [3.05, 3.63) is 0 Å². The second-order valence-electron chi connectivity index (χ2n) is 5.82. The topological polar surface area (TPSA) is 66.4 Å². The summed E-state index contributed by atoms with van der Waals surface area (Å²) in [5.74, 6) is 0.720. The Kier molecular flexibility index (Phi) is 3.15. The zero-order valence-corrected chi connectivity index (χ0v) is 10.5. The van der Waals surface area contributed by atoms with Crippen molar-refractivity contribution in [1.29, 1.82) is 0 Å². The van der Waals surface area contributed by atoms with Gasteiger partial charge in [-0.2, -0.15) is 0 Å². The van der Waals surface area contributed by atoms with Crippen LogP contribution in [-0.4, -0.2) is 22.5 Å². The van der Waals surface area contributed by atoms with Crippen LogP contribution < -0.4 is 5.32 Å². The first-order chi connectivity index (χ1) is 7.95. The van der Waals surface area contributed by atoms with Crippen molar-refractivity contribution in [2.45, 2.75) is 51.5 Å². The van der Waals surface area contributed by atoms with Gasteiger partial charge < -0.3 is 10.4 Å². The Morgan fingerprint density at radius 1 is 1.41 bits per heavy atom. The van der Waals surface area contributed by atoms with E-state index in [1.54, 1.807) is 0 Å². The summed E-state index contributed by atoms with van der Waals surface area (Å²) < 4.78 is 0. The average molecular weight is 239 g/mol. The molecule has 17 heavy (non-hydrogen) atoms. The summed E-state index contributed by atoms with van der Waals surface area (Å²) in [6.45, 7) is 3.72. The number of carbonyl (C=O) groups excluding carboxylic acids is 1. The quantitative estimate of drug-likeness (QED) is 0.742. The first-order valence-corrected chi connectivity index (χ1v) is 6.49. The molecule has 2 aliphatic carbocycles. The molecule has 0 heterocycles. The molecule has 96 valence electrons. The smallest absolute Gasteiger partial charge is 0.305 e. The van der Waals surface area contributed by atoms with E-state index in [9.17, 15) is 9.59 Å². The van der Waals surface area contributed by atoms with Gasteiger partial charge >= 0.3 is 5.97 Å². The molecule has 4 nitrogen and oxygen atoms in total. The monoisotopic (exact) mass is 239 g/mol. The SMILES string of the molecule is CC[C@](C)(CC(=O)O)NC(=O)[C@@H]1C[C@@H]1C1CC1. The van der Waals surface area contributed by atoms with E-state index in [1.165, 1.54) is 12.8 Å². The number of carbonyl (C=O) groups is 2. The van der Waals surface area contributed by atoms with Crippen molar-refractivity contribution < 1.29 is 14.7 Å². The van der Waals surface area contributed by atoms with E-state index in [-0.39, 0.29) is 18.2 Å². The first-order valence-electron chi connectivity index (χ1n) is 6.49. The van der Waals surface area contributed by atoms with Crippen molar-refractivity contribution >= 4 is 11.9 Å². The summed E-state index contributed by atoms with van der Waals surface area (Å²) >= 11 is 0. The van der Waals surface area contributed by atoms with Gasteiger partial charge in [0.25, 0.3) is 0 Å². The Hall–Kier alpha value is -1.06. The summed E-state index contributed by atoms with van der Waals surface area (Å²) in [7, 11) is 0. The highest BCUT2D eigenvalue weighted by atomic mass is 16.4. The lowest BCUT2D eigenvalue weighted by Gasteiger charge is -2.28. The molecule has 0 spiro atoms. The van der Waals surface area contributed by atoms with Crippen molar-refractivity contribution in [3.8, 4) is 0 Å². The van der Waals surface area contributed by atoms with Gasteiger partial charge in [0.2, 0.25) is 5.91 Å². The molecule has 2 N–H and O–H groups in total. The Morgan fingerprint density at radius 3 is 2.53 bits per heavy atom. The minimum atomic E-state index is -0.857. The number of hydrogen-bond acceptors (Lipinski definition) is 2. The number of carboxylic acid groups (broad SMARTS) is 1. The lowest BCUT2D eigenvalue weighted by Crippen LogP contribution is -2.47. The molecule has 0 aromatic rings. The minimum Gasteiger partial charge on any atom is -0.481 e. The molecule has 0 unspecified atom stereocenters. The molecule has 0 aromatic carbocycles. The number of aliphatic carboxylic acids is 1. The van der Waals surface area contributed by atoms with Gasteiger partial charge in [0.05, 0.1) is 6.42 Å². The van der Waals surface area contributed by atoms with Crippen molar-refractivity contribution in [2.24, 2.45) is 17.8 Å². The molecular formula is C13H21NO3. The van der Waals surface area contributed by atoms with E-state index in [0.717, 1.165) is 12.3 Å². The molecule has 4 heteroatoms. The maximum atomic E-state index is 12.0. The Morgan fingerprint density at radius 2 is 2.06 bits per heavy atom. The highest BCUT2D eigenvalue weighted by Crippen LogP contribution is 2.54. The van der Waals surface area contributed by atoms with Gasteiger partial charge in [-0.3, -0.25) is 9.59 Å². The van der Waals surface area contributed by atoms with Crippen molar-refractivity contribution in [2.75, 3.05) is 0 Å². The Balaban J connectivity index is 1.85. The molecule has 0 saturated heterocycles. The molecule has 2 saturated carbocycles. The van der Waals surface area contributed by atoms with Gasteiger partial charge in [-0.15, -0.1) is 0 Å². The van der Waals surface area contributed by atoms with E-state index < -0.39 is 11.5 Å². The maximum absolute atomic E-state index is 12.0. The van der Waals surface area contributed by atoms with Crippen LogP contribution in [0.5, 0.6) is 0 Å². The van der Waals surface area contributed by atoms with Crippen LogP contribution in [0.4, 0.5) is 0 Å². The van der Waals surface area contributed by atoms with Crippen LogP contribution in [0.3, 0.4) is 0 Å². The molecule has 2 rings (SSSR count). The van der Waals surface area contributed by atoms with Crippen LogP contribution in [0.15, 0.2) is 0 Å². The number of nitrogens with one attached hydrogen (secondary N) is 1. The van der Waals surface area contributed by atoms with E-state index in [0.29, 0.717) is 12.3 Å². The largest absolute Gasteiger partial charge is 0.481 e. The second kappa shape index (κ2) is 4.31. The predicted octanol–water partition coefficient (Wildman–Crippen LogP) is 1.79. The van der Waals surface area contributed by atoms with Crippen molar-refractivity contribution in [3.63, 3.8) is 0 Å². The third kappa shape index (κ3) is 2.99. The summed E-state index contributed by atoms with van der Waals surface area (Å²) in [6.07, 6.45) is 4.19. The minimum absolute atomic E-state index is 0.00391. The van der Waals surface area contributed by atoms with E-state index in [1.807, 2.05) is 13.8 Å². The van der Waals surface area contributed by atoms with E-state index in [2.05, 4.69) is 5.32 Å². The number of rotatable bonds is 6. The molecule has 2 aliphatic rings. The van der Waals surface area contributed by atoms with E-state index in [4.69, 9.17) is 5.11 Å².